The topological polar surface area (TPSA) is 101 Å². The standard InChI is InChI=1S/C13H16N2O5/c1-8-6-5-7-9(10(8)15(19)20)11(16)14(4)13(2,3)12(17)18/h5-7H,1-4H3,(H,17,18). The van der Waals surface area contributed by atoms with Crippen molar-refractivity contribution in [3.63, 3.8) is 0 Å². The van der Waals surface area contributed by atoms with Crippen LogP contribution in [-0.2, 0) is 4.79 Å². The fourth-order valence-electron chi connectivity index (χ4n) is 1.65. The zero-order chi connectivity index (χ0) is 15.7. The zero-order valence-corrected chi connectivity index (χ0v) is 11.7. The van der Waals surface area contributed by atoms with E-state index in [0.717, 1.165) is 4.90 Å². The Morgan fingerprint density at radius 3 is 2.35 bits per heavy atom. The largest absolute Gasteiger partial charge is 0.480 e. The second-order valence-corrected chi connectivity index (χ2v) is 4.96. The van der Waals surface area contributed by atoms with Gasteiger partial charge in [-0.1, -0.05) is 12.1 Å². The number of carboxylic acids is 1. The van der Waals surface area contributed by atoms with Crippen LogP contribution in [0.1, 0.15) is 29.8 Å². The van der Waals surface area contributed by atoms with Crippen LogP contribution in [0.4, 0.5) is 5.69 Å². The van der Waals surface area contributed by atoms with E-state index in [1.807, 2.05) is 0 Å². The van der Waals surface area contributed by atoms with Gasteiger partial charge in [0.2, 0.25) is 0 Å². The molecule has 1 aromatic rings. The Morgan fingerprint density at radius 2 is 1.90 bits per heavy atom. The number of benzene rings is 1. The normalized spacial score (nSPS) is 11.0. The van der Waals surface area contributed by atoms with Gasteiger partial charge in [-0.3, -0.25) is 14.9 Å². The van der Waals surface area contributed by atoms with Crippen molar-refractivity contribution in [2.24, 2.45) is 0 Å². The summed E-state index contributed by atoms with van der Waals surface area (Å²) >= 11 is 0. The number of amides is 1. The van der Waals surface area contributed by atoms with Crippen LogP contribution in [0.25, 0.3) is 0 Å². The van der Waals surface area contributed by atoms with Crippen molar-refractivity contribution in [1.82, 2.24) is 4.90 Å². The summed E-state index contributed by atoms with van der Waals surface area (Å²) < 4.78 is 0. The van der Waals surface area contributed by atoms with Crippen LogP contribution < -0.4 is 0 Å². The zero-order valence-electron chi connectivity index (χ0n) is 11.7. The molecule has 0 saturated heterocycles. The van der Waals surface area contributed by atoms with E-state index < -0.39 is 22.3 Å². The summed E-state index contributed by atoms with van der Waals surface area (Å²) in [5, 5.41) is 20.2. The number of nitro benzene ring substituents is 1. The fourth-order valence-corrected chi connectivity index (χ4v) is 1.65. The van der Waals surface area contributed by atoms with Crippen LogP contribution in [0.2, 0.25) is 0 Å². The number of hydrogen-bond acceptors (Lipinski definition) is 4. The highest BCUT2D eigenvalue weighted by Crippen LogP contribution is 2.26. The van der Waals surface area contributed by atoms with Gasteiger partial charge in [-0.05, 0) is 26.8 Å². The Labute approximate surface area is 116 Å². The summed E-state index contributed by atoms with van der Waals surface area (Å²) in [4.78, 5) is 34.9. The third kappa shape index (κ3) is 2.61. The van der Waals surface area contributed by atoms with Crippen LogP contribution >= 0.6 is 0 Å². The van der Waals surface area contributed by atoms with Crippen LogP contribution in [0.15, 0.2) is 18.2 Å². The van der Waals surface area contributed by atoms with Crippen molar-refractivity contribution in [1.29, 1.82) is 0 Å². The van der Waals surface area contributed by atoms with Gasteiger partial charge < -0.3 is 10.0 Å². The van der Waals surface area contributed by atoms with E-state index in [2.05, 4.69) is 0 Å². The minimum atomic E-state index is -1.46. The van der Waals surface area contributed by atoms with Gasteiger partial charge in [0.05, 0.1) is 4.92 Å². The number of para-hydroxylation sites is 1. The molecule has 0 unspecified atom stereocenters. The summed E-state index contributed by atoms with van der Waals surface area (Å²) in [7, 11) is 1.31. The molecule has 108 valence electrons. The molecule has 0 fully saturated rings. The SMILES string of the molecule is Cc1cccc(C(=O)N(C)C(C)(C)C(=O)O)c1[N+](=O)[O-]. The van der Waals surface area contributed by atoms with E-state index >= 15 is 0 Å². The molecule has 1 rings (SSSR count). The first-order valence-electron chi connectivity index (χ1n) is 5.86. The van der Waals surface area contributed by atoms with E-state index in [1.165, 1.54) is 46.0 Å². The van der Waals surface area contributed by atoms with Crippen molar-refractivity contribution in [2.45, 2.75) is 26.3 Å². The maximum atomic E-state index is 12.3. The van der Waals surface area contributed by atoms with Crippen LogP contribution in [0, 0.1) is 17.0 Å². The van der Waals surface area contributed by atoms with Gasteiger partial charge >= 0.3 is 5.97 Å². The van der Waals surface area contributed by atoms with E-state index in [1.54, 1.807) is 0 Å². The van der Waals surface area contributed by atoms with Crippen LogP contribution in [0.5, 0.6) is 0 Å². The third-order valence-electron chi connectivity index (χ3n) is 3.32. The molecule has 7 heteroatoms. The number of carbonyl (C=O) groups is 2. The molecule has 1 amide bonds. The minimum absolute atomic E-state index is 0.119. The van der Waals surface area contributed by atoms with E-state index in [4.69, 9.17) is 5.11 Å². The Balaban J connectivity index is 3.33. The smallest absolute Gasteiger partial charge is 0.329 e. The average molecular weight is 280 g/mol. The van der Waals surface area contributed by atoms with E-state index in [0.29, 0.717) is 5.56 Å². The lowest BCUT2D eigenvalue weighted by molar-refractivity contribution is -0.385. The highest BCUT2D eigenvalue weighted by Gasteiger charge is 2.37. The summed E-state index contributed by atoms with van der Waals surface area (Å²) in [6.07, 6.45) is 0. The van der Waals surface area contributed by atoms with Crippen LogP contribution in [-0.4, -0.2) is 39.4 Å². The molecule has 0 saturated carbocycles. The summed E-state index contributed by atoms with van der Waals surface area (Å²) in [6, 6.07) is 4.37. The number of rotatable bonds is 4. The molecule has 0 aromatic heterocycles. The first-order chi connectivity index (χ1) is 9.10. The molecule has 0 bridgehead atoms. The summed E-state index contributed by atoms with van der Waals surface area (Å²) in [5.74, 6) is -1.89. The quantitative estimate of drug-likeness (QED) is 0.669. The van der Waals surface area contributed by atoms with Gasteiger partial charge in [0.15, 0.2) is 0 Å². The Morgan fingerprint density at radius 1 is 1.35 bits per heavy atom. The number of carboxylic acid groups (broad SMARTS) is 1. The van der Waals surface area contributed by atoms with Crippen molar-refractivity contribution in [3.05, 3.63) is 39.4 Å². The first-order valence-corrected chi connectivity index (χ1v) is 5.86. The summed E-state index contributed by atoms with van der Waals surface area (Å²) in [6.45, 7) is 4.24. The molecule has 0 heterocycles. The highest BCUT2D eigenvalue weighted by atomic mass is 16.6. The number of aryl methyl sites for hydroxylation is 1. The molecule has 7 nitrogen and oxygen atoms in total. The number of nitrogens with zero attached hydrogens (tertiary/aromatic N) is 2. The maximum absolute atomic E-state index is 12.3. The Bertz CT molecular complexity index is 580. The van der Waals surface area contributed by atoms with Crippen molar-refractivity contribution in [3.8, 4) is 0 Å². The molecule has 0 atom stereocenters. The maximum Gasteiger partial charge on any atom is 0.329 e. The van der Waals surface area contributed by atoms with Gasteiger partial charge in [-0.25, -0.2) is 4.79 Å². The van der Waals surface area contributed by atoms with E-state index in [-0.39, 0.29) is 11.3 Å². The van der Waals surface area contributed by atoms with Gasteiger partial charge in [0.1, 0.15) is 11.1 Å². The molecule has 0 aliphatic heterocycles. The first kappa shape index (κ1) is 15.6. The highest BCUT2D eigenvalue weighted by molar-refractivity contribution is 6.01. The fraction of sp³-hybridized carbons (Fsp3) is 0.385. The van der Waals surface area contributed by atoms with E-state index in [9.17, 15) is 19.7 Å². The monoisotopic (exact) mass is 280 g/mol. The lowest BCUT2D eigenvalue weighted by Gasteiger charge is -2.31. The Kier molecular flexibility index (Phi) is 4.12. The molecule has 0 spiro atoms. The van der Waals surface area contributed by atoms with Gasteiger partial charge in [-0.2, -0.15) is 0 Å². The molecular formula is C13H16N2O5. The molecule has 0 aliphatic carbocycles. The predicted octanol–water partition coefficient (Wildman–Crippen LogP) is 1.84. The van der Waals surface area contributed by atoms with Crippen molar-refractivity contribution >= 4 is 17.6 Å². The molecule has 1 aromatic carbocycles. The number of nitro groups is 1. The number of carbonyl (C=O) groups excluding carboxylic acids is 1. The second-order valence-electron chi connectivity index (χ2n) is 4.96. The number of aliphatic carboxylic acids is 1. The lowest BCUT2D eigenvalue weighted by atomic mass is 10.0. The minimum Gasteiger partial charge on any atom is -0.480 e. The molecular weight excluding hydrogens is 264 g/mol. The number of likely N-dealkylation sites (N-methyl/N-ethyl adjacent to an activating group) is 1. The number of hydrogen-bond donors (Lipinski definition) is 1. The van der Waals surface area contributed by atoms with Gasteiger partial charge in [0.25, 0.3) is 11.6 Å². The third-order valence-corrected chi connectivity index (χ3v) is 3.32. The van der Waals surface area contributed by atoms with Crippen molar-refractivity contribution < 1.29 is 19.6 Å². The predicted molar refractivity (Wildman–Crippen MR) is 71.6 cm³/mol. The molecule has 1 N–H and O–H groups in total. The van der Waals surface area contributed by atoms with Crippen LogP contribution in [0.3, 0.4) is 0 Å². The molecule has 0 radical (unpaired) electrons. The van der Waals surface area contributed by atoms with Crippen molar-refractivity contribution in [2.75, 3.05) is 7.05 Å². The second kappa shape index (κ2) is 5.28. The average Bonchev–Trinajstić information content (AvgIpc) is 2.35. The lowest BCUT2D eigenvalue weighted by Crippen LogP contribution is -2.50. The van der Waals surface area contributed by atoms with Gasteiger partial charge in [-0.15, -0.1) is 0 Å². The Hall–Kier alpha value is -2.44. The molecule has 20 heavy (non-hydrogen) atoms. The summed E-state index contributed by atoms with van der Waals surface area (Å²) in [5.41, 5.74) is -1.53. The van der Waals surface area contributed by atoms with Gasteiger partial charge in [0, 0.05) is 12.6 Å². The molecule has 0 aliphatic rings.